The van der Waals surface area contributed by atoms with Gasteiger partial charge in [-0.05, 0) is 54.8 Å². The van der Waals surface area contributed by atoms with E-state index in [-0.39, 0.29) is 24.0 Å². The maximum atomic E-state index is 5.34. The summed E-state index contributed by atoms with van der Waals surface area (Å²) < 4.78 is 10.7. The summed E-state index contributed by atoms with van der Waals surface area (Å²) in [6.07, 6.45) is 3.84. The predicted molar refractivity (Wildman–Crippen MR) is 142 cm³/mol. The molecule has 7 heteroatoms. The Morgan fingerprint density at radius 2 is 1.66 bits per heavy atom. The van der Waals surface area contributed by atoms with Crippen LogP contribution in [0.5, 0.6) is 5.75 Å². The van der Waals surface area contributed by atoms with Crippen LogP contribution < -0.4 is 15.4 Å². The van der Waals surface area contributed by atoms with Crippen LogP contribution in [-0.2, 0) is 17.9 Å². The number of rotatable bonds is 9. The van der Waals surface area contributed by atoms with Crippen molar-refractivity contribution in [3.05, 3.63) is 65.2 Å². The number of benzene rings is 2. The quantitative estimate of drug-likeness (QED) is 0.275. The van der Waals surface area contributed by atoms with Crippen molar-refractivity contribution in [1.29, 1.82) is 0 Å². The molecule has 32 heavy (non-hydrogen) atoms. The van der Waals surface area contributed by atoms with Crippen molar-refractivity contribution in [2.75, 3.05) is 40.9 Å². The Labute approximate surface area is 209 Å². The summed E-state index contributed by atoms with van der Waals surface area (Å²) in [6, 6.07) is 17.1. The van der Waals surface area contributed by atoms with Crippen LogP contribution >= 0.6 is 24.0 Å². The zero-order chi connectivity index (χ0) is 21.9. The lowest BCUT2D eigenvalue weighted by atomic mass is 10.0. The molecule has 1 fully saturated rings. The van der Waals surface area contributed by atoms with E-state index in [0.717, 1.165) is 31.3 Å². The Kier molecular flexibility index (Phi) is 11.8. The molecular weight excluding hydrogens is 515 g/mol. The van der Waals surface area contributed by atoms with E-state index in [1.807, 2.05) is 25.2 Å². The number of hydrogen-bond donors (Lipinski definition) is 2. The molecule has 0 aromatic heterocycles. The van der Waals surface area contributed by atoms with Gasteiger partial charge in [-0.25, -0.2) is 0 Å². The molecule has 2 aromatic rings. The second-order valence-corrected chi connectivity index (χ2v) is 7.89. The van der Waals surface area contributed by atoms with E-state index in [1.54, 1.807) is 14.2 Å². The van der Waals surface area contributed by atoms with Crippen LogP contribution in [0.25, 0.3) is 0 Å². The van der Waals surface area contributed by atoms with E-state index < -0.39 is 0 Å². The number of hydrogen-bond acceptors (Lipinski definition) is 4. The molecule has 6 nitrogen and oxygen atoms in total. The summed E-state index contributed by atoms with van der Waals surface area (Å²) in [6.45, 7) is 4.38. The van der Waals surface area contributed by atoms with E-state index in [2.05, 4.69) is 50.9 Å². The Morgan fingerprint density at radius 1 is 0.969 bits per heavy atom. The van der Waals surface area contributed by atoms with Crippen molar-refractivity contribution in [2.24, 2.45) is 4.99 Å². The number of halogens is 1. The average molecular weight is 553 g/mol. The second kappa shape index (κ2) is 14.3. The summed E-state index contributed by atoms with van der Waals surface area (Å²) in [5.41, 5.74) is 3.71. The van der Waals surface area contributed by atoms with E-state index >= 15 is 0 Å². The summed E-state index contributed by atoms with van der Waals surface area (Å²) in [5.74, 6) is 1.70. The first kappa shape index (κ1) is 26.4. The van der Waals surface area contributed by atoms with Gasteiger partial charge in [0.2, 0.25) is 0 Å². The van der Waals surface area contributed by atoms with Crippen LogP contribution in [0.1, 0.15) is 42.0 Å². The zero-order valence-corrected chi connectivity index (χ0v) is 21.8. The first-order valence-electron chi connectivity index (χ1n) is 11.1. The summed E-state index contributed by atoms with van der Waals surface area (Å²) in [5, 5.41) is 7.01. The molecule has 2 aromatic carbocycles. The number of likely N-dealkylation sites (tertiary alicyclic amines) is 1. The third kappa shape index (κ3) is 7.64. The van der Waals surface area contributed by atoms with Gasteiger partial charge >= 0.3 is 0 Å². The van der Waals surface area contributed by atoms with E-state index in [9.17, 15) is 0 Å². The minimum absolute atomic E-state index is 0. The van der Waals surface area contributed by atoms with Gasteiger partial charge in [0.05, 0.1) is 19.8 Å². The van der Waals surface area contributed by atoms with Gasteiger partial charge in [0.15, 0.2) is 5.96 Å². The van der Waals surface area contributed by atoms with Crippen molar-refractivity contribution in [2.45, 2.75) is 38.5 Å². The number of nitrogens with one attached hydrogen (secondary N) is 2. The van der Waals surface area contributed by atoms with Crippen LogP contribution in [0.15, 0.2) is 53.5 Å². The lowest BCUT2D eigenvalue weighted by Gasteiger charge is -2.35. The van der Waals surface area contributed by atoms with Gasteiger partial charge in [0.25, 0.3) is 0 Å². The van der Waals surface area contributed by atoms with Gasteiger partial charge in [0, 0.05) is 27.2 Å². The summed E-state index contributed by atoms with van der Waals surface area (Å²) >= 11 is 0. The highest BCUT2D eigenvalue weighted by Crippen LogP contribution is 2.25. The molecule has 3 rings (SSSR count). The Hall–Kier alpha value is -1.84. The molecule has 1 unspecified atom stereocenters. The normalized spacial score (nSPS) is 15.5. The molecule has 0 saturated carbocycles. The largest absolute Gasteiger partial charge is 0.497 e. The number of nitrogens with zero attached hydrogens (tertiary/aromatic N) is 2. The Morgan fingerprint density at radius 3 is 2.28 bits per heavy atom. The smallest absolute Gasteiger partial charge is 0.191 e. The Balaban J connectivity index is 0.00000363. The van der Waals surface area contributed by atoms with Crippen LogP contribution in [0, 0.1) is 0 Å². The molecule has 176 valence electrons. The first-order valence-corrected chi connectivity index (χ1v) is 11.1. The minimum Gasteiger partial charge on any atom is -0.497 e. The highest BCUT2D eigenvalue weighted by molar-refractivity contribution is 14.0. The van der Waals surface area contributed by atoms with Gasteiger partial charge in [-0.2, -0.15) is 0 Å². The molecule has 1 aliphatic heterocycles. The van der Waals surface area contributed by atoms with Gasteiger partial charge in [-0.15, -0.1) is 24.0 Å². The monoisotopic (exact) mass is 552 g/mol. The molecule has 0 amide bonds. The molecule has 1 saturated heterocycles. The third-order valence-corrected chi connectivity index (χ3v) is 5.88. The second-order valence-electron chi connectivity index (χ2n) is 7.89. The highest BCUT2D eigenvalue weighted by atomic mass is 127. The maximum absolute atomic E-state index is 5.34. The molecule has 1 atom stereocenters. The van der Waals surface area contributed by atoms with Crippen molar-refractivity contribution in [3.63, 3.8) is 0 Å². The molecule has 0 radical (unpaired) electrons. The summed E-state index contributed by atoms with van der Waals surface area (Å²) in [4.78, 5) is 7.02. The zero-order valence-electron chi connectivity index (χ0n) is 19.5. The number of ether oxygens (including phenoxy) is 2. The highest BCUT2D eigenvalue weighted by Gasteiger charge is 2.22. The van der Waals surface area contributed by atoms with Crippen molar-refractivity contribution in [3.8, 4) is 5.75 Å². The fourth-order valence-corrected chi connectivity index (χ4v) is 4.13. The number of aliphatic imine (C=N–C) groups is 1. The topological polar surface area (TPSA) is 58.1 Å². The lowest BCUT2D eigenvalue weighted by Crippen LogP contribution is -2.44. The number of guanidine groups is 1. The first-order chi connectivity index (χ1) is 15.2. The molecule has 2 N–H and O–H groups in total. The predicted octanol–water partition coefficient (Wildman–Crippen LogP) is 4.35. The average Bonchev–Trinajstić information content (AvgIpc) is 2.83. The third-order valence-electron chi connectivity index (χ3n) is 5.88. The molecule has 1 heterocycles. The minimum atomic E-state index is 0. The summed E-state index contributed by atoms with van der Waals surface area (Å²) in [7, 11) is 5.25. The Bertz CT molecular complexity index is 823. The van der Waals surface area contributed by atoms with E-state index in [0.29, 0.717) is 19.2 Å². The van der Waals surface area contributed by atoms with Crippen LogP contribution in [-0.4, -0.2) is 51.8 Å². The van der Waals surface area contributed by atoms with Gasteiger partial charge < -0.3 is 20.1 Å². The fourth-order valence-electron chi connectivity index (χ4n) is 4.13. The van der Waals surface area contributed by atoms with Crippen LogP contribution in [0.2, 0.25) is 0 Å². The standard InChI is InChI=1S/C25H36N4O2.HI/c1-26-25(27-17-21-9-5-6-10-22(21)19-30-2)28-18-24(29-15-7-4-8-16-29)20-11-13-23(31-3)14-12-20;/h5-6,9-14,24H,4,7-8,15-19H2,1-3H3,(H2,26,27,28);1H. The fraction of sp³-hybridized carbons (Fsp3) is 0.480. The van der Waals surface area contributed by atoms with Crippen molar-refractivity contribution >= 4 is 29.9 Å². The lowest BCUT2D eigenvalue weighted by molar-refractivity contribution is 0.164. The van der Waals surface area contributed by atoms with E-state index in [4.69, 9.17) is 9.47 Å². The molecule has 0 bridgehead atoms. The number of methoxy groups -OCH3 is 2. The number of piperidine rings is 1. The molecule has 0 aliphatic carbocycles. The van der Waals surface area contributed by atoms with E-state index in [1.165, 1.54) is 36.0 Å². The molecule has 0 spiro atoms. The maximum Gasteiger partial charge on any atom is 0.191 e. The molecule has 1 aliphatic rings. The molecular formula is C25H37IN4O2. The van der Waals surface area contributed by atoms with Gasteiger partial charge in [0.1, 0.15) is 5.75 Å². The van der Waals surface area contributed by atoms with Crippen LogP contribution in [0.4, 0.5) is 0 Å². The van der Waals surface area contributed by atoms with Gasteiger partial charge in [-0.1, -0.05) is 42.8 Å². The van der Waals surface area contributed by atoms with Crippen LogP contribution in [0.3, 0.4) is 0 Å². The SMILES string of the molecule is CN=C(NCc1ccccc1COC)NCC(c1ccc(OC)cc1)N1CCCCC1.I. The van der Waals surface area contributed by atoms with Crippen molar-refractivity contribution in [1.82, 2.24) is 15.5 Å². The van der Waals surface area contributed by atoms with Crippen molar-refractivity contribution < 1.29 is 9.47 Å². The van der Waals surface area contributed by atoms with Gasteiger partial charge in [-0.3, -0.25) is 9.89 Å².